The lowest BCUT2D eigenvalue weighted by Gasteiger charge is -2.71. The molecule has 12 nitrogen and oxygen atoms in total. The summed E-state index contributed by atoms with van der Waals surface area (Å²) in [7, 11) is -4.25. The average Bonchev–Trinajstić information content (AvgIpc) is 3.04. The molecule has 8 atom stereocenters. The number of aliphatic hydroxyl groups excluding tert-OH is 1. The number of hydrogen-bond acceptors (Lipinski definition) is 10. The van der Waals surface area contributed by atoms with Gasteiger partial charge >= 0.3 is 12.1 Å². The summed E-state index contributed by atoms with van der Waals surface area (Å²) in [5, 5.41) is 17.7. The topological polar surface area (TPSA) is 174 Å². The van der Waals surface area contributed by atoms with Crippen LogP contribution in [-0.4, -0.2) is 74.8 Å². The van der Waals surface area contributed by atoms with E-state index in [-0.39, 0.29) is 47.9 Å². The van der Waals surface area contributed by atoms with Gasteiger partial charge in [0.1, 0.15) is 17.5 Å². The van der Waals surface area contributed by atoms with Gasteiger partial charge in [0, 0.05) is 31.3 Å². The number of hydrogen-bond donors (Lipinski definition) is 3. The molecule has 13 heteroatoms. The fourth-order valence-electron chi connectivity index (χ4n) is 8.90. The van der Waals surface area contributed by atoms with E-state index in [9.17, 15) is 32.7 Å². The summed E-state index contributed by atoms with van der Waals surface area (Å²) in [5.74, 6) is -1.36. The second-order valence-corrected chi connectivity index (χ2v) is 18.1. The van der Waals surface area contributed by atoms with Crippen LogP contribution in [0.25, 0.3) is 0 Å². The summed E-state index contributed by atoms with van der Waals surface area (Å²) < 4.78 is 41.9. The minimum atomic E-state index is -4.25. The van der Waals surface area contributed by atoms with Crippen molar-refractivity contribution in [2.45, 2.75) is 129 Å². The number of carbonyl (C=O) groups excluding carboxylic acids is 4. The Balaban J connectivity index is 1.55. The van der Waals surface area contributed by atoms with Crippen LogP contribution in [0.2, 0.25) is 0 Å². The molecule has 3 aliphatic carbocycles. The average molecular weight is 735 g/mol. The minimum absolute atomic E-state index is 0.0445. The first-order valence-electron chi connectivity index (χ1n) is 18.3. The van der Waals surface area contributed by atoms with Crippen LogP contribution >= 0.6 is 0 Å². The van der Waals surface area contributed by atoms with Crippen LogP contribution in [0.1, 0.15) is 105 Å². The molecule has 0 heterocycles. The van der Waals surface area contributed by atoms with Gasteiger partial charge in [0.15, 0.2) is 6.61 Å². The number of ether oxygens (including phenoxy) is 2. The lowest BCUT2D eigenvalue weighted by molar-refractivity contribution is -0.243. The Hall–Kier alpha value is -3.03. The predicted octanol–water partition coefficient (Wildman–Crippen LogP) is 5.23. The molecule has 51 heavy (non-hydrogen) atoms. The van der Waals surface area contributed by atoms with E-state index in [0.29, 0.717) is 38.5 Å². The maximum atomic E-state index is 14.0. The lowest BCUT2D eigenvalue weighted by Crippen LogP contribution is -2.71. The van der Waals surface area contributed by atoms with E-state index >= 15 is 0 Å². The number of nitrogens with one attached hydrogen (secondary N) is 2. The standard InChI is InChI=1S/C38H58N2O10S/c1-9-24(2)20-38-23-37(16-15-30(38)41)26(4)32(43)36(8,33(44)39-17-10-18-40-34(45)50-35(5,6)7)21-27(19-29(37)38)49-31(42)22-48-51(46,47)28-13-11-25(3)12-14-28/h11-14,24,26-27,29,32,43H,9-10,15-23H2,1-8H3,(H,39,44)(H,40,45)/t24-,26-,27-,29-,32?,36-,37+,38?/m0/s1. The zero-order valence-electron chi connectivity index (χ0n) is 31.5. The molecule has 0 saturated heterocycles. The smallest absolute Gasteiger partial charge is 0.407 e. The van der Waals surface area contributed by atoms with Crippen molar-refractivity contribution in [3.05, 3.63) is 29.8 Å². The van der Waals surface area contributed by atoms with Gasteiger partial charge in [0.25, 0.3) is 10.1 Å². The molecular formula is C38H58N2O10S. The van der Waals surface area contributed by atoms with Crippen LogP contribution in [0.5, 0.6) is 0 Å². The number of fused-ring (bicyclic) bond motifs is 2. The maximum Gasteiger partial charge on any atom is 0.407 e. The van der Waals surface area contributed by atoms with E-state index in [4.69, 9.17) is 13.7 Å². The number of ketones is 1. The summed E-state index contributed by atoms with van der Waals surface area (Å²) in [6, 6.07) is 6.04. The molecule has 3 saturated carbocycles. The molecule has 1 aromatic rings. The molecule has 286 valence electrons. The van der Waals surface area contributed by atoms with Gasteiger partial charge in [0.2, 0.25) is 5.91 Å². The molecule has 2 unspecified atom stereocenters. The lowest BCUT2D eigenvalue weighted by atomic mass is 9.32. The molecule has 1 aromatic carbocycles. The number of alkyl carbamates (subject to hydrolysis) is 1. The zero-order valence-corrected chi connectivity index (χ0v) is 32.3. The number of amides is 2. The monoisotopic (exact) mass is 734 g/mol. The van der Waals surface area contributed by atoms with Crippen molar-refractivity contribution in [1.82, 2.24) is 10.6 Å². The Morgan fingerprint density at radius 2 is 1.75 bits per heavy atom. The van der Waals surface area contributed by atoms with Gasteiger partial charge in [-0.25, -0.2) is 9.59 Å². The Kier molecular flexibility index (Phi) is 12.4. The Bertz CT molecular complexity index is 1560. The fraction of sp³-hybridized carbons (Fsp3) is 0.737. The van der Waals surface area contributed by atoms with Crippen molar-refractivity contribution in [3.8, 4) is 0 Å². The van der Waals surface area contributed by atoms with Gasteiger partial charge in [-0.15, -0.1) is 0 Å². The van der Waals surface area contributed by atoms with Crippen molar-refractivity contribution in [1.29, 1.82) is 0 Å². The van der Waals surface area contributed by atoms with Crippen molar-refractivity contribution in [2.75, 3.05) is 19.7 Å². The largest absolute Gasteiger partial charge is 0.461 e. The molecule has 0 radical (unpaired) electrons. The number of carbonyl (C=O) groups is 4. The summed E-state index contributed by atoms with van der Waals surface area (Å²) in [6.07, 6.45) is 1.26. The first-order valence-corrected chi connectivity index (χ1v) is 19.7. The van der Waals surface area contributed by atoms with Crippen LogP contribution in [0, 0.1) is 40.9 Å². The zero-order chi connectivity index (χ0) is 38.0. The molecule has 3 fully saturated rings. The van der Waals surface area contributed by atoms with Crippen LogP contribution < -0.4 is 10.6 Å². The van der Waals surface area contributed by atoms with Crippen LogP contribution in [-0.2, 0) is 38.2 Å². The molecule has 4 rings (SSSR count). The molecule has 0 aromatic heterocycles. The van der Waals surface area contributed by atoms with Crippen molar-refractivity contribution in [2.24, 2.45) is 34.0 Å². The number of benzene rings is 1. The highest BCUT2D eigenvalue weighted by atomic mass is 32.2. The number of Topliss-reactive ketones (excluding diaryl/α,β-unsaturated/α-hetero) is 1. The number of aliphatic hydroxyl groups is 1. The third-order valence-corrected chi connectivity index (χ3v) is 13.0. The first-order chi connectivity index (χ1) is 23.7. The Morgan fingerprint density at radius 3 is 2.37 bits per heavy atom. The highest BCUT2D eigenvalue weighted by molar-refractivity contribution is 7.86. The van der Waals surface area contributed by atoms with Gasteiger partial charge in [-0.2, -0.15) is 8.42 Å². The second-order valence-electron chi connectivity index (χ2n) is 16.5. The summed E-state index contributed by atoms with van der Waals surface area (Å²) in [6.45, 7) is 14.6. The van der Waals surface area contributed by atoms with E-state index in [2.05, 4.69) is 24.5 Å². The van der Waals surface area contributed by atoms with Gasteiger partial charge in [-0.3, -0.25) is 13.8 Å². The molecule has 1 spiro atoms. The van der Waals surface area contributed by atoms with Gasteiger partial charge in [-0.05, 0) is 102 Å². The van der Waals surface area contributed by atoms with E-state index in [1.54, 1.807) is 39.8 Å². The number of rotatable bonds is 13. The SMILES string of the molecule is CC[C@H](C)CC12C[C@@]3(CCC1=O)[C@@H]2C[C@H](OC(=O)COS(=O)(=O)c1ccc(C)cc1)C[C@](C)(C(=O)NCCCNC(=O)OC(C)(C)C)C(O)[C@@H]3C. The first kappa shape index (κ1) is 40.7. The highest BCUT2D eigenvalue weighted by Crippen LogP contribution is 2.74. The van der Waals surface area contributed by atoms with E-state index in [1.807, 2.05) is 13.8 Å². The van der Waals surface area contributed by atoms with Crippen molar-refractivity contribution in [3.63, 3.8) is 0 Å². The summed E-state index contributed by atoms with van der Waals surface area (Å²) in [4.78, 5) is 52.9. The van der Waals surface area contributed by atoms with Crippen LogP contribution in [0.15, 0.2) is 29.2 Å². The molecule has 2 bridgehead atoms. The summed E-state index contributed by atoms with van der Waals surface area (Å²) in [5.41, 5.74) is -2.21. The van der Waals surface area contributed by atoms with Gasteiger partial charge < -0.3 is 25.2 Å². The second kappa shape index (κ2) is 15.5. The molecule has 3 aliphatic rings. The van der Waals surface area contributed by atoms with Crippen LogP contribution in [0.3, 0.4) is 0 Å². The predicted molar refractivity (Wildman–Crippen MR) is 190 cm³/mol. The molecular weight excluding hydrogens is 676 g/mol. The van der Waals surface area contributed by atoms with Gasteiger partial charge in [-0.1, -0.05) is 44.9 Å². The Labute approximate surface area is 303 Å². The fourth-order valence-corrected chi connectivity index (χ4v) is 9.76. The Morgan fingerprint density at radius 1 is 1.10 bits per heavy atom. The normalized spacial score (nSPS) is 31.2. The van der Waals surface area contributed by atoms with E-state index in [0.717, 1.165) is 12.0 Å². The molecule has 3 N–H and O–H groups in total. The van der Waals surface area contributed by atoms with Gasteiger partial charge in [0.05, 0.1) is 16.4 Å². The third-order valence-electron chi connectivity index (χ3n) is 11.7. The number of esters is 1. The minimum Gasteiger partial charge on any atom is -0.461 e. The molecule has 2 amide bonds. The van der Waals surface area contributed by atoms with E-state index in [1.165, 1.54) is 12.1 Å². The quantitative estimate of drug-likeness (QED) is 0.138. The summed E-state index contributed by atoms with van der Waals surface area (Å²) >= 11 is 0. The van der Waals surface area contributed by atoms with Crippen molar-refractivity contribution >= 4 is 33.9 Å². The van der Waals surface area contributed by atoms with Crippen molar-refractivity contribution < 1.29 is 46.4 Å². The molecule has 0 aliphatic heterocycles. The highest BCUT2D eigenvalue weighted by Gasteiger charge is 2.72. The van der Waals surface area contributed by atoms with Crippen LogP contribution in [0.4, 0.5) is 4.79 Å². The number of aryl methyl sites for hydroxylation is 1. The van der Waals surface area contributed by atoms with E-state index < -0.39 is 68.7 Å². The maximum absolute atomic E-state index is 14.0. The third kappa shape index (κ3) is 8.79.